The second kappa shape index (κ2) is 9.45. The lowest BCUT2D eigenvalue weighted by Gasteiger charge is -2.20. The molecular formula is C13H23N5O6. The molecule has 0 saturated heterocycles. The van der Waals surface area contributed by atoms with Crippen LogP contribution in [0.25, 0.3) is 0 Å². The van der Waals surface area contributed by atoms with Crippen molar-refractivity contribution in [3.05, 3.63) is 0 Å². The van der Waals surface area contributed by atoms with E-state index in [1.807, 2.05) is 0 Å². The van der Waals surface area contributed by atoms with Crippen molar-refractivity contribution < 1.29 is 29.1 Å². The van der Waals surface area contributed by atoms with Gasteiger partial charge in [-0.25, -0.2) is 4.79 Å². The van der Waals surface area contributed by atoms with Crippen molar-refractivity contribution in [1.82, 2.24) is 16.0 Å². The lowest BCUT2D eigenvalue weighted by atomic mass is 10.1. The first-order valence-electron chi connectivity index (χ1n) is 7.13. The third-order valence-corrected chi connectivity index (χ3v) is 2.94. The lowest BCUT2D eigenvalue weighted by molar-refractivity contribution is -0.143. The first-order chi connectivity index (χ1) is 11.0. The highest BCUT2D eigenvalue weighted by atomic mass is 16.4. The minimum absolute atomic E-state index is 0.540. The molecule has 4 amide bonds. The summed E-state index contributed by atoms with van der Waals surface area (Å²) in [6, 6.07) is -4.34. The van der Waals surface area contributed by atoms with E-state index in [1.54, 1.807) is 0 Å². The maximum absolute atomic E-state index is 11.9. The number of carbonyl (C=O) groups excluding carboxylic acids is 4. The summed E-state index contributed by atoms with van der Waals surface area (Å²) in [7, 11) is 0. The minimum Gasteiger partial charge on any atom is -0.480 e. The molecule has 0 aliphatic rings. The summed E-state index contributed by atoms with van der Waals surface area (Å²) >= 11 is 0. The molecule has 11 heteroatoms. The van der Waals surface area contributed by atoms with Gasteiger partial charge in [0, 0.05) is 0 Å². The van der Waals surface area contributed by atoms with Crippen LogP contribution in [0.2, 0.25) is 0 Å². The molecule has 0 bridgehead atoms. The van der Waals surface area contributed by atoms with Crippen molar-refractivity contribution in [1.29, 1.82) is 0 Å². The molecule has 0 heterocycles. The van der Waals surface area contributed by atoms with Crippen LogP contribution in [-0.4, -0.2) is 58.9 Å². The van der Waals surface area contributed by atoms with Crippen LogP contribution in [-0.2, 0) is 24.0 Å². The van der Waals surface area contributed by atoms with Gasteiger partial charge in [-0.15, -0.1) is 0 Å². The van der Waals surface area contributed by atoms with Crippen LogP contribution in [0.5, 0.6) is 0 Å². The Bertz CT molecular complexity index is 521. The number of carboxylic acid groups (broad SMARTS) is 1. The van der Waals surface area contributed by atoms with Gasteiger partial charge < -0.3 is 32.5 Å². The van der Waals surface area contributed by atoms with Crippen LogP contribution in [0.1, 0.15) is 27.2 Å². The van der Waals surface area contributed by atoms with Crippen LogP contribution in [0.4, 0.5) is 0 Å². The predicted octanol–water partition coefficient (Wildman–Crippen LogP) is -3.21. The number of carboxylic acids is 1. The van der Waals surface area contributed by atoms with E-state index in [0.717, 1.165) is 0 Å². The molecule has 0 aromatic carbocycles. The van der Waals surface area contributed by atoms with Crippen molar-refractivity contribution in [2.75, 3.05) is 0 Å². The van der Waals surface area contributed by atoms with Gasteiger partial charge in [-0.2, -0.15) is 0 Å². The monoisotopic (exact) mass is 345 g/mol. The topological polar surface area (TPSA) is 194 Å². The molecule has 0 unspecified atom stereocenters. The summed E-state index contributed by atoms with van der Waals surface area (Å²) in [5.74, 6) is -4.34. The Morgan fingerprint density at radius 1 is 0.875 bits per heavy atom. The van der Waals surface area contributed by atoms with Gasteiger partial charge in [-0.05, 0) is 20.8 Å². The van der Waals surface area contributed by atoms with Gasteiger partial charge in [0.15, 0.2) is 0 Å². The minimum atomic E-state index is -1.50. The zero-order chi connectivity index (χ0) is 19.0. The zero-order valence-corrected chi connectivity index (χ0v) is 13.7. The highest BCUT2D eigenvalue weighted by Crippen LogP contribution is 1.95. The SMILES string of the molecule is C[C@H](N)C(=O)N[C@@H](C)C(=O)N[C@@H](C)C(=O)N[C@@H](CC(N)=O)C(=O)O. The fraction of sp³-hybridized carbons (Fsp3) is 0.615. The highest BCUT2D eigenvalue weighted by Gasteiger charge is 2.26. The number of hydrogen-bond acceptors (Lipinski definition) is 6. The summed E-state index contributed by atoms with van der Waals surface area (Å²) in [6.07, 6.45) is -0.581. The molecule has 0 aromatic heterocycles. The van der Waals surface area contributed by atoms with Crippen molar-refractivity contribution in [2.24, 2.45) is 11.5 Å². The maximum Gasteiger partial charge on any atom is 0.326 e. The summed E-state index contributed by atoms with van der Waals surface area (Å²) in [5.41, 5.74) is 10.3. The lowest BCUT2D eigenvalue weighted by Crippen LogP contribution is -2.55. The number of amides is 4. The summed E-state index contributed by atoms with van der Waals surface area (Å²) < 4.78 is 0. The zero-order valence-electron chi connectivity index (χ0n) is 13.7. The Hall–Kier alpha value is -2.69. The van der Waals surface area contributed by atoms with Crippen LogP contribution in [0, 0.1) is 0 Å². The molecule has 0 rings (SSSR count). The molecule has 0 radical (unpaired) electrons. The van der Waals surface area contributed by atoms with Gasteiger partial charge in [0.05, 0.1) is 12.5 Å². The largest absolute Gasteiger partial charge is 0.480 e. The third-order valence-electron chi connectivity index (χ3n) is 2.94. The number of hydrogen-bond donors (Lipinski definition) is 6. The fourth-order valence-corrected chi connectivity index (χ4v) is 1.51. The van der Waals surface area contributed by atoms with Crippen molar-refractivity contribution in [2.45, 2.75) is 51.4 Å². The van der Waals surface area contributed by atoms with Gasteiger partial charge in [-0.3, -0.25) is 19.2 Å². The van der Waals surface area contributed by atoms with Gasteiger partial charge in [0.1, 0.15) is 18.1 Å². The Morgan fingerprint density at radius 3 is 1.67 bits per heavy atom. The Kier molecular flexibility index (Phi) is 8.39. The van der Waals surface area contributed by atoms with Crippen molar-refractivity contribution in [3.63, 3.8) is 0 Å². The first kappa shape index (κ1) is 21.3. The van der Waals surface area contributed by atoms with E-state index in [4.69, 9.17) is 16.6 Å². The Balaban J connectivity index is 4.62. The summed E-state index contributed by atoms with van der Waals surface area (Å²) in [6.45, 7) is 4.16. The fourth-order valence-electron chi connectivity index (χ4n) is 1.51. The molecule has 0 fully saturated rings. The predicted molar refractivity (Wildman–Crippen MR) is 82.2 cm³/mol. The van der Waals surface area contributed by atoms with E-state index in [-0.39, 0.29) is 0 Å². The van der Waals surface area contributed by atoms with Crippen LogP contribution in [0.3, 0.4) is 0 Å². The molecule has 0 spiro atoms. The van der Waals surface area contributed by atoms with Crippen molar-refractivity contribution in [3.8, 4) is 0 Å². The number of nitrogens with one attached hydrogen (secondary N) is 3. The number of primary amides is 1. The first-order valence-corrected chi connectivity index (χ1v) is 7.13. The molecule has 0 aliphatic carbocycles. The van der Waals surface area contributed by atoms with Gasteiger partial charge in [0.25, 0.3) is 0 Å². The molecule has 11 nitrogen and oxygen atoms in total. The Morgan fingerprint density at radius 2 is 1.29 bits per heavy atom. The van der Waals surface area contributed by atoms with E-state index in [2.05, 4.69) is 16.0 Å². The highest BCUT2D eigenvalue weighted by molar-refractivity contribution is 5.94. The van der Waals surface area contributed by atoms with E-state index in [1.165, 1.54) is 20.8 Å². The normalized spacial score (nSPS) is 15.3. The molecule has 0 saturated carbocycles. The molecule has 136 valence electrons. The summed E-state index contributed by atoms with van der Waals surface area (Å²) in [5, 5.41) is 15.6. The second-order valence-corrected chi connectivity index (χ2v) is 5.32. The number of nitrogens with two attached hydrogens (primary N) is 2. The molecular weight excluding hydrogens is 322 g/mol. The van der Waals surface area contributed by atoms with E-state index in [9.17, 15) is 24.0 Å². The smallest absolute Gasteiger partial charge is 0.326 e. The number of aliphatic carboxylic acids is 1. The van der Waals surface area contributed by atoms with Crippen LogP contribution < -0.4 is 27.4 Å². The quantitative estimate of drug-likeness (QED) is 0.253. The van der Waals surface area contributed by atoms with Crippen LogP contribution >= 0.6 is 0 Å². The summed E-state index contributed by atoms with van der Waals surface area (Å²) in [4.78, 5) is 56.9. The van der Waals surface area contributed by atoms with Crippen LogP contribution in [0.15, 0.2) is 0 Å². The molecule has 4 atom stereocenters. The average molecular weight is 345 g/mol. The van der Waals surface area contributed by atoms with Gasteiger partial charge in [-0.1, -0.05) is 0 Å². The second-order valence-electron chi connectivity index (χ2n) is 5.32. The van der Waals surface area contributed by atoms with Crippen molar-refractivity contribution >= 4 is 29.6 Å². The van der Waals surface area contributed by atoms with E-state index < -0.39 is 60.2 Å². The van der Waals surface area contributed by atoms with E-state index in [0.29, 0.717) is 0 Å². The maximum atomic E-state index is 11.9. The number of carbonyl (C=O) groups is 5. The molecule has 8 N–H and O–H groups in total. The standard InChI is InChI=1S/C13H23N5O6/c1-5(14)10(20)16-6(2)11(21)17-7(3)12(22)18-8(13(23)24)4-9(15)19/h5-8H,4,14H2,1-3H3,(H2,15,19)(H,16,20)(H,17,21)(H,18,22)(H,23,24)/t5-,6-,7-,8-/m0/s1. The Labute approximate surface area is 138 Å². The van der Waals surface area contributed by atoms with E-state index >= 15 is 0 Å². The molecule has 0 aromatic rings. The number of rotatable bonds is 9. The third kappa shape index (κ3) is 7.54. The molecule has 0 aliphatic heterocycles. The van der Waals surface area contributed by atoms with Gasteiger partial charge in [0.2, 0.25) is 23.6 Å². The average Bonchev–Trinajstić information content (AvgIpc) is 2.45. The molecule has 24 heavy (non-hydrogen) atoms. The van der Waals surface area contributed by atoms with Gasteiger partial charge >= 0.3 is 5.97 Å².